The van der Waals surface area contributed by atoms with E-state index in [4.69, 9.17) is 4.99 Å². The van der Waals surface area contributed by atoms with Gasteiger partial charge in [0.2, 0.25) is 5.91 Å². The number of nitrogens with one attached hydrogen (secondary N) is 1. The Balaban J connectivity index is 1.59. The number of hydrogen-bond donors (Lipinski definition) is 1. The lowest BCUT2D eigenvalue weighted by molar-refractivity contribution is -0.119. The number of fused-ring (bicyclic) bond motifs is 3. The average molecular weight is 378 g/mol. The molecule has 2 amide bonds. The summed E-state index contributed by atoms with van der Waals surface area (Å²) >= 11 is 1.32. The highest BCUT2D eigenvalue weighted by Gasteiger charge is 2.40. The number of carbonyl (C=O) groups is 2. The van der Waals surface area contributed by atoms with Crippen LogP contribution in [0.15, 0.2) is 64.6 Å². The summed E-state index contributed by atoms with van der Waals surface area (Å²) in [6.45, 7) is 3.63. The highest BCUT2D eigenvalue weighted by atomic mass is 32.2. The summed E-state index contributed by atoms with van der Waals surface area (Å²) in [5.41, 5.74) is 2.34. The topological polar surface area (TPSA) is 74.1 Å². The Hall–Kier alpha value is -2.93. The van der Waals surface area contributed by atoms with Crippen LogP contribution in [0.5, 0.6) is 0 Å². The van der Waals surface area contributed by atoms with Crippen LogP contribution >= 0.6 is 11.8 Å². The second kappa shape index (κ2) is 7.00. The van der Waals surface area contributed by atoms with Crippen LogP contribution in [0.3, 0.4) is 0 Å². The summed E-state index contributed by atoms with van der Waals surface area (Å²) < 4.78 is 0. The van der Waals surface area contributed by atoms with Gasteiger partial charge in [0.1, 0.15) is 11.9 Å². The van der Waals surface area contributed by atoms with Crippen LogP contribution in [-0.4, -0.2) is 39.0 Å². The fraction of sp³-hybridized carbons (Fsp3) is 0.200. The Labute approximate surface area is 161 Å². The number of rotatable bonds is 3. The van der Waals surface area contributed by atoms with Gasteiger partial charge in [-0.25, -0.2) is 4.99 Å². The van der Waals surface area contributed by atoms with Crippen LogP contribution in [0.4, 0.5) is 11.4 Å². The third kappa shape index (κ3) is 3.26. The maximum Gasteiger partial charge on any atom is 0.270 e. The quantitative estimate of drug-likeness (QED) is 0.888. The van der Waals surface area contributed by atoms with Crippen molar-refractivity contribution in [2.75, 3.05) is 5.32 Å². The van der Waals surface area contributed by atoms with E-state index in [1.807, 2.05) is 66.4 Å². The molecule has 0 saturated carbocycles. The molecule has 136 valence electrons. The van der Waals surface area contributed by atoms with Crippen molar-refractivity contribution < 1.29 is 9.59 Å². The van der Waals surface area contributed by atoms with Crippen molar-refractivity contribution in [3.8, 4) is 0 Å². The Morgan fingerprint density at radius 2 is 1.81 bits per heavy atom. The van der Waals surface area contributed by atoms with E-state index in [9.17, 15) is 9.59 Å². The zero-order valence-electron chi connectivity index (χ0n) is 14.9. The number of hydrogen-bond acceptors (Lipinski definition) is 5. The van der Waals surface area contributed by atoms with Crippen LogP contribution in [-0.2, 0) is 9.59 Å². The summed E-state index contributed by atoms with van der Waals surface area (Å²) in [7, 11) is 0. The van der Waals surface area contributed by atoms with Gasteiger partial charge in [-0.3, -0.25) is 14.5 Å². The smallest absolute Gasteiger partial charge is 0.270 e. The SMILES string of the molecule is CC(SC1=Nc2ccccc2C2=NC(=O)C(C)N12)C(=O)Nc1ccccc1. The summed E-state index contributed by atoms with van der Waals surface area (Å²) in [5, 5.41) is 3.12. The minimum absolute atomic E-state index is 0.121. The second-order valence-corrected chi connectivity index (χ2v) is 7.65. The van der Waals surface area contributed by atoms with Crippen LogP contribution in [0, 0.1) is 0 Å². The molecular weight excluding hydrogens is 360 g/mol. The van der Waals surface area contributed by atoms with Crippen molar-refractivity contribution >= 4 is 46.0 Å². The van der Waals surface area contributed by atoms with E-state index in [2.05, 4.69) is 10.3 Å². The number of anilines is 1. The molecule has 0 saturated heterocycles. The van der Waals surface area contributed by atoms with Gasteiger partial charge in [-0.15, -0.1) is 0 Å². The minimum Gasteiger partial charge on any atom is -0.325 e. The van der Waals surface area contributed by atoms with Gasteiger partial charge >= 0.3 is 0 Å². The Morgan fingerprint density at radius 3 is 2.59 bits per heavy atom. The molecule has 0 aliphatic carbocycles. The lowest BCUT2D eigenvalue weighted by Crippen LogP contribution is -2.43. The number of para-hydroxylation sites is 2. The van der Waals surface area contributed by atoms with Crippen LogP contribution in [0.1, 0.15) is 19.4 Å². The van der Waals surface area contributed by atoms with Gasteiger partial charge in [0, 0.05) is 11.3 Å². The number of amides is 2. The molecule has 0 aromatic heterocycles. The molecule has 0 bridgehead atoms. The summed E-state index contributed by atoms with van der Waals surface area (Å²) in [6.07, 6.45) is 0. The first kappa shape index (κ1) is 17.5. The van der Waals surface area contributed by atoms with Gasteiger partial charge in [-0.05, 0) is 38.1 Å². The number of amidine groups is 2. The first-order valence-corrected chi connectivity index (χ1v) is 9.55. The largest absolute Gasteiger partial charge is 0.325 e. The second-order valence-electron chi connectivity index (χ2n) is 6.35. The molecule has 2 aliphatic heterocycles. The predicted molar refractivity (Wildman–Crippen MR) is 109 cm³/mol. The van der Waals surface area contributed by atoms with E-state index in [-0.39, 0.29) is 11.8 Å². The fourth-order valence-corrected chi connectivity index (χ4v) is 3.96. The predicted octanol–water partition coefficient (Wildman–Crippen LogP) is 3.43. The molecule has 2 aromatic rings. The third-order valence-corrected chi connectivity index (χ3v) is 5.52. The monoisotopic (exact) mass is 378 g/mol. The molecule has 0 radical (unpaired) electrons. The molecule has 0 fully saturated rings. The molecule has 2 aromatic carbocycles. The molecule has 27 heavy (non-hydrogen) atoms. The Morgan fingerprint density at radius 1 is 1.11 bits per heavy atom. The normalized spacial score (nSPS) is 19.0. The lowest BCUT2D eigenvalue weighted by Gasteiger charge is -2.30. The van der Waals surface area contributed by atoms with Gasteiger partial charge in [-0.2, -0.15) is 4.99 Å². The molecule has 2 aliphatic rings. The Kier molecular flexibility index (Phi) is 4.53. The van der Waals surface area contributed by atoms with Gasteiger partial charge < -0.3 is 5.32 Å². The molecule has 1 N–H and O–H groups in total. The first-order chi connectivity index (χ1) is 13.0. The van der Waals surface area contributed by atoms with E-state index < -0.39 is 11.3 Å². The van der Waals surface area contributed by atoms with E-state index in [1.54, 1.807) is 6.92 Å². The standard InChI is InChI=1S/C20H18N4O2S/c1-12-18(25)23-17-15-10-6-7-11-16(15)22-20(24(12)17)27-13(2)19(26)21-14-8-4-3-5-9-14/h3-13H,1-2H3,(H,21,26). The van der Waals surface area contributed by atoms with Gasteiger partial charge in [0.25, 0.3) is 5.91 Å². The first-order valence-electron chi connectivity index (χ1n) is 8.67. The Bertz CT molecular complexity index is 971. The zero-order valence-corrected chi connectivity index (χ0v) is 15.7. The summed E-state index contributed by atoms with van der Waals surface area (Å²) in [4.78, 5) is 35.5. The van der Waals surface area contributed by atoms with Crippen LogP contribution < -0.4 is 5.32 Å². The molecule has 2 heterocycles. The van der Waals surface area contributed by atoms with Gasteiger partial charge in [-0.1, -0.05) is 42.1 Å². The van der Waals surface area contributed by atoms with E-state index >= 15 is 0 Å². The summed E-state index contributed by atoms with van der Waals surface area (Å²) in [6, 6.07) is 16.5. The number of aliphatic imine (C=N–C) groups is 2. The van der Waals surface area contributed by atoms with Gasteiger partial charge in [0.15, 0.2) is 5.17 Å². The number of thioether (sulfide) groups is 1. The van der Waals surface area contributed by atoms with E-state index in [0.29, 0.717) is 11.0 Å². The summed E-state index contributed by atoms with van der Waals surface area (Å²) in [5.74, 6) is 0.289. The molecular formula is C20H18N4O2S. The molecule has 6 nitrogen and oxygen atoms in total. The van der Waals surface area contributed by atoms with Crippen molar-refractivity contribution in [1.29, 1.82) is 0 Å². The fourth-order valence-electron chi connectivity index (χ4n) is 2.97. The molecule has 0 spiro atoms. The molecule has 2 atom stereocenters. The van der Waals surface area contributed by atoms with Crippen LogP contribution in [0.2, 0.25) is 0 Å². The maximum atomic E-state index is 12.6. The number of benzene rings is 2. The highest BCUT2D eigenvalue weighted by molar-refractivity contribution is 8.14. The maximum absolute atomic E-state index is 12.6. The van der Waals surface area contributed by atoms with E-state index in [1.165, 1.54) is 11.8 Å². The average Bonchev–Trinajstić information content (AvgIpc) is 2.98. The number of nitrogens with zero attached hydrogens (tertiary/aromatic N) is 3. The highest BCUT2D eigenvalue weighted by Crippen LogP contribution is 2.35. The minimum atomic E-state index is -0.427. The zero-order chi connectivity index (χ0) is 19.0. The molecule has 7 heteroatoms. The van der Waals surface area contributed by atoms with Crippen molar-refractivity contribution in [2.24, 2.45) is 9.98 Å². The molecule has 2 unspecified atom stereocenters. The van der Waals surface area contributed by atoms with Crippen molar-refractivity contribution in [3.63, 3.8) is 0 Å². The number of carbonyl (C=O) groups excluding carboxylic acids is 2. The van der Waals surface area contributed by atoms with E-state index in [0.717, 1.165) is 16.9 Å². The lowest BCUT2D eigenvalue weighted by atomic mass is 10.1. The van der Waals surface area contributed by atoms with Crippen molar-refractivity contribution in [1.82, 2.24) is 4.90 Å². The van der Waals surface area contributed by atoms with Crippen molar-refractivity contribution in [3.05, 3.63) is 60.2 Å². The third-order valence-electron chi connectivity index (χ3n) is 4.45. The van der Waals surface area contributed by atoms with Crippen LogP contribution in [0.25, 0.3) is 0 Å². The molecule has 4 rings (SSSR count). The van der Waals surface area contributed by atoms with Crippen molar-refractivity contribution in [2.45, 2.75) is 25.1 Å². The van der Waals surface area contributed by atoms with Gasteiger partial charge in [0.05, 0.1) is 10.9 Å².